The zero-order chi connectivity index (χ0) is 23.3. The quantitative estimate of drug-likeness (QED) is 0.599. The number of nitrogens with one attached hydrogen (secondary N) is 1. The number of anilines is 2. The summed E-state index contributed by atoms with van der Waals surface area (Å²) >= 11 is 6.83. The van der Waals surface area contributed by atoms with Crippen LogP contribution in [0.5, 0.6) is 5.75 Å². The summed E-state index contributed by atoms with van der Waals surface area (Å²) in [7, 11) is -1.56. The van der Waals surface area contributed by atoms with Gasteiger partial charge in [0, 0.05) is 5.69 Å². The molecule has 1 aromatic heterocycles. The average molecular weight is 487 g/mol. The van der Waals surface area contributed by atoms with E-state index in [0.29, 0.717) is 45.5 Å². The highest BCUT2D eigenvalue weighted by molar-refractivity contribution is 7.91. The number of para-hydroxylation sites is 3. The molecule has 2 atom stereocenters. The first kappa shape index (κ1) is 21.8. The number of methoxy groups -OCH3 is 1. The van der Waals surface area contributed by atoms with E-state index in [1.54, 1.807) is 28.8 Å². The molecule has 172 valence electrons. The molecule has 0 bridgehead atoms. The van der Waals surface area contributed by atoms with E-state index in [9.17, 15) is 13.2 Å². The molecule has 1 saturated heterocycles. The molecule has 5 rings (SSSR count). The molecule has 0 saturated carbocycles. The van der Waals surface area contributed by atoms with E-state index in [1.807, 2.05) is 43.3 Å². The zero-order valence-corrected chi connectivity index (χ0v) is 19.7. The van der Waals surface area contributed by atoms with Crippen molar-refractivity contribution in [1.82, 2.24) is 9.78 Å². The highest BCUT2D eigenvalue weighted by Crippen LogP contribution is 2.43. The molecule has 0 radical (unpaired) electrons. The van der Waals surface area contributed by atoms with E-state index >= 15 is 0 Å². The number of aryl methyl sites for hydroxylation is 1. The molecule has 2 aromatic carbocycles. The van der Waals surface area contributed by atoms with Crippen molar-refractivity contribution in [2.75, 3.05) is 28.8 Å². The molecule has 0 unspecified atom stereocenters. The van der Waals surface area contributed by atoms with E-state index < -0.39 is 16.0 Å². The van der Waals surface area contributed by atoms with Crippen LogP contribution in [-0.2, 0) is 9.84 Å². The molecule has 3 aromatic rings. The average Bonchev–Trinajstić information content (AvgIpc) is 3.31. The van der Waals surface area contributed by atoms with E-state index in [1.165, 1.54) is 0 Å². The minimum atomic E-state index is -3.12. The van der Waals surface area contributed by atoms with Gasteiger partial charge in [-0.2, -0.15) is 5.10 Å². The lowest BCUT2D eigenvalue weighted by Crippen LogP contribution is -2.43. The van der Waals surface area contributed by atoms with Crippen molar-refractivity contribution in [3.63, 3.8) is 0 Å². The molecule has 8 nitrogen and oxygen atoms in total. The number of carbonyl (C=O) groups excluding carboxylic acids is 1. The maximum atomic E-state index is 13.7. The summed E-state index contributed by atoms with van der Waals surface area (Å²) < 4.78 is 31.2. The van der Waals surface area contributed by atoms with E-state index in [-0.39, 0.29) is 23.5 Å². The molecule has 1 fully saturated rings. The second-order valence-electron chi connectivity index (χ2n) is 8.23. The number of halogens is 1. The van der Waals surface area contributed by atoms with Crippen LogP contribution in [0, 0.1) is 6.92 Å². The van der Waals surface area contributed by atoms with Crippen molar-refractivity contribution in [3.05, 3.63) is 70.5 Å². The van der Waals surface area contributed by atoms with Crippen LogP contribution in [0.4, 0.5) is 11.4 Å². The molecule has 2 aliphatic heterocycles. The van der Waals surface area contributed by atoms with Gasteiger partial charge in [0.25, 0.3) is 5.91 Å². The van der Waals surface area contributed by atoms with Crippen LogP contribution < -0.4 is 15.0 Å². The molecule has 1 amide bonds. The largest absolute Gasteiger partial charge is 0.495 e. The summed E-state index contributed by atoms with van der Waals surface area (Å²) in [5.74, 6) is 0.456. The highest BCUT2D eigenvalue weighted by Gasteiger charge is 2.40. The fourth-order valence-electron chi connectivity index (χ4n) is 4.59. The Morgan fingerprint density at radius 3 is 2.61 bits per heavy atom. The molecular formula is C23H23ClN4O4S. The van der Waals surface area contributed by atoms with Gasteiger partial charge in [0.05, 0.1) is 47.2 Å². The van der Waals surface area contributed by atoms with Crippen LogP contribution >= 0.6 is 11.6 Å². The Balaban J connectivity index is 1.66. The van der Waals surface area contributed by atoms with Crippen LogP contribution in [0.2, 0.25) is 5.15 Å². The van der Waals surface area contributed by atoms with Crippen molar-refractivity contribution < 1.29 is 17.9 Å². The summed E-state index contributed by atoms with van der Waals surface area (Å²) in [5, 5.41) is 8.35. The topological polar surface area (TPSA) is 93.5 Å². The van der Waals surface area contributed by atoms with Crippen LogP contribution in [0.1, 0.15) is 40.2 Å². The van der Waals surface area contributed by atoms with Gasteiger partial charge in [0.1, 0.15) is 17.1 Å². The van der Waals surface area contributed by atoms with Gasteiger partial charge >= 0.3 is 0 Å². The number of nitrogens with zero attached hydrogens (tertiary/aromatic N) is 3. The number of carbonyl (C=O) groups is 1. The number of benzene rings is 2. The third-order valence-electron chi connectivity index (χ3n) is 6.17. The number of rotatable bonds is 4. The number of sulfone groups is 1. The molecule has 3 heterocycles. The summed E-state index contributed by atoms with van der Waals surface area (Å²) in [6.45, 7) is 1.81. The number of fused-ring (bicyclic) bond motifs is 1. The Bertz CT molecular complexity index is 1350. The van der Waals surface area contributed by atoms with Gasteiger partial charge in [-0.1, -0.05) is 35.9 Å². The first-order valence-corrected chi connectivity index (χ1v) is 12.8. The third kappa shape index (κ3) is 3.65. The molecule has 0 aliphatic carbocycles. The van der Waals surface area contributed by atoms with Crippen LogP contribution in [0.15, 0.2) is 48.5 Å². The van der Waals surface area contributed by atoms with Gasteiger partial charge in [-0.25, -0.2) is 13.1 Å². The number of hydrogen-bond donors (Lipinski definition) is 1. The highest BCUT2D eigenvalue weighted by atomic mass is 35.5. The fourth-order valence-corrected chi connectivity index (χ4v) is 6.69. The van der Waals surface area contributed by atoms with Gasteiger partial charge in [-0.3, -0.25) is 9.69 Å². The Kier molecular flexibility index (Phi) is 5.33. The molecule has 1 N–H and O–H groups in total. The van der Waals surface area contributed by atoms with Gasteiger partial charge in [0.15, 0.2) is 9.84 Å². The van der Waals surface area contributed by atoms with Gasteiger partial charge in [-0.05, 0) is 37.6 Å². The van der Waals surface area contributed by atoms with Crippen LogP contribution in [0.3, 0.4) is 0 Å². The van der Waals surface area contributed by atoms with E-state index in [2.05, 4.69) is 10.4 Å². The second-order valence-corrected chi connectivity index (χ2v) is 10.8. The van der Waals surface area contributed by atoms with Crippen molar-refractivity contribution >= 4 is 38.7 Å². The lowest BCUT2D eigenvalue weighted by molar-refractivity contribution is 0.0974. The Hall–Kier alpha value is -3.04. The Morgan fingerprint density at radius 2 is 1.88 bits per heavy atom. The number of hydrogen-bond acceptors (Lipinski definition) is 6. The van der Waals surface area contributed by atoms with Gasteiger partial charge < -0.3 is 10.1 Å². The Labute approximate surface area is 197 Å². The van der Waals surface area contributed by atoms with Crippen LogP contribution in [0.25, 0.3) is 0 Å². The summed E-state index contributed by atoms with van der Waals surface area (Å²) in [5.41, 5.74) is 3.04. The Morgan fingerprint density at radius 1 is 1.15 bits per heavy atom. The van der Waals surface area contributed by atoms with Crippen molar-refractivity contribution in [3.8, 4) is 5.75 Å². The molecule has 33 heavy (non-hydrogen) atoms. The standard InChI is InChI=1S/C23H23ClN4O4S/c1-14-20(21(24)28(26-14)15-11-12-33(30,31)13-15)22-25-17-8-4-3-7-16(17)23(29)27(22)18-9-5-6-10-19(18)32-2/h3-10,15,22,25H,11-13H2,1-2H3/t15-,22+/m1/s1. The maximum absolute atomic E-state index is 13.7. The molecule has 10 heteroatoms. The summed E-state index contributed by atoms with van der Waals surface area (Å²) in [4.78, 5) is 15.3. The molecule has 2 aliphatic rings. The predicted molar refractivity (Wildman–Crippen MR) is 127 cm³/mol. The first-order chi connectivity index (χ1) is 15.8. The van der Waals surface area contributed by atoms with E-state index in [4.69, 9.17) is 16.3 Å². The lowest BCUT2D eigenvalue weighted by atomic mass is 10.0. The zero-order valence-electron chi connectivity index (χ0n) is 18.2. The monoisotopic (exact) mass is 486 g/mol. The third-order valence-corrected chi connectivity index (χ3v) is 8.30. The normalized spacial score (nSPS) is 21.5. The number of amides is 1. The minimum Gasteiger partial charge on any atom is -0.495 e. The van der Waals surface area contributed by atoms with E-state index in [0.717, 1.165) is 0 Å². The number of aromatic nitrogens is 2. The first-order valence-electron chi connectivity index (χ1n) is 10.6. The maximum Gasteiger partial charge on any atom is 0.262 e. The van der Waals surface area contributed by atoms with Crippen molar-refractivity contribution in [1.29, 1.82) is 0 Å². The van der Waals surface area contributed by atoms with Crippen LogP contribution in [-0.4, -0.2) is 42.7 Å². The predicted octanol–water partition coefficient (Wildman–Crippen LogP) is 3.98. The lowest BCUT2D eigenvalue weighted by Gasteiger charge is -2.38. The molecule has 0 spiro atoms. The summed E-state index contributed by atoms with van der Waals surface area (Å²) in [6.07, 6.45) is -0.207. The van der Waals surface area contributed by atoms with Crippen molar-refractivity contribution in [2.24, 2.45) is 0 Å². The smallest absolute Gasteiger partial charge is 0.262 e. The summed E-state index contributed by atoms with van der Waals surface area (Å²) in [6, 6.07) is 14.2. The second kappa shape index (κ2) is 8.07. The fraction of sp³-hybridized carbons (Fsp3) is 0.304. The minimum absolute atomic E-state index is 0.00333. The molecular weight excluding hydrogens is 464 g/mol. The SMILES string of the molecule is COc1ccccc1N1C(=O)c2ccccc2N[C@@H]1c1c(C)nn([C@@H]2CCS(=O)(=O)C2)c1Cl. The van der Waals surface area contributed by atoms with Crippen molar-refractivity contribution in [2.45, 2.75) is 25.6 Å². The number of ether oxygens (including phenoxy) is 1. The van der Waals surface area contributed by atoms with Gasteiger partial charge in [-0.15, -0.1) is 0 Å². The van der Waals surface area contributed by atoms with Gasteiger partial charge in [0.2, 0.25) is 0 Å².